The summed E-state index contributed by atoms with van der Waals surface area (Å²) in [6, 6.07) is 4.36. The molecule has 8 heteroatoms. The Morgan fingerprint density at radius 1 is 1.12 bits per heavy atom. The number of nitrogens with one attached hydrogen (secondary N) is 1. The molecule has 1 N–H and O–H groups in total. The molecule has 2 aliphatic heterocycles. The molecule has 0 aliphatic carbocycles. The van der Waals surface area contributed by atoms with Crippen molar-refractivity contribution in [1.29, 1.82) is 0 Å². The summed E-state index contributed by atoms with van der Waals surface area (Å²) < 4.78 is 5.41. The summed E-state index contributed by atoms with van der Waals surface area (Å²) >= 11 is 0. The molecule has 4 heterocycles. The number of nitrogens with zero attached hydrogens (tertiary/aromatic N) is 6. The Morgan fingerprint density at radius 3 is 2.85 bits per heavy atom. The van der Waals surface area contributed by atoms with E-state index in [1.165, 1.54) is 0 Å². The van der Waals surface area contributed by atoms with Gasteiger partial charge < -0.3 is 19.9 Å². The summed E-state index contributed by atoms with van der Waals surface area (Å²) in [5, 5.41) is 3.48. The van der Waals surface area contributed by atoms with Gasteiger partial charge in [0.15, 0.2) is 0 Å². The molecular weight excluding hydrogens is 330 g/mol. The summed E-state index contributed by atoms with van der Waals surface area (Å²) in [6.07, 6.45) is 5.44. The van der Waals surface area contributed by atoms with Crippen LogP contribution in [0, 0.1) is 0 Å². The first kappa shape index (κ1) is 17.0. The first-order valence-electron chi connectivity index (χ1n) is 9.30. The van der Waals surface area contributed by atoms with Crippen molar-refractivity contribution in [3.05, 3.63) is 30.4 Å². The summed E-state index contributed by atoms with van der Waals surface area (Å²) in [6.45, 7) is 7.24. The van der Waals surface area contributed by atoms with E-state index in [2.05, 4.69) is 48.0 Å². The molecule has 0 spiro atoms. The summed E-state index contributed by atoms with van der Waals surface area (Å²) in [5.41, 5.74) is 1.08. The van der Waals surface area contributed by atoms with E-state index in [1.807, 2.05) is 12.3 Å². The molecule has 0 amide bonds. The van der Waals surface area contributed by atoms with Crippen molar-refractivity contribution in [2.75, 3.05) is 54.5 Å². The number of morpholine rings is 1. The third-order valence-electron chi connectivity index (χ3n) is 4.89. The minimum absolute atomic E-state index is 0.315. The fourth-order valence-corrected chi connectivity index (χ4v) is 3.41. The maximum absolute atomic E-state index is 5.41. The number of ether oxygens (including phenoxy) is 1. The van der Waals surface area contributed by atoms with Crippen LogP contribution in [-0.4, -0.2) is 65.4 Å². The van der Waals surface area contributed by atoms with E-state index in [0.29, 0.717) is 12.0 Å². The second kappa shape index (κ2) is 7.82. The predicted molar refractivity (Wildman–Crippen MR) is 101 cm³/mol. The number of anilines is 3. The highest BCUT2D eigenvalue weighted by Gasteiger charge is 2.24. The number of aromatic nitrogens is 4. The van der Waals surface area contributed by atoms with Gasteiger partial charge >= 0.3 is 0 Å². The summed E-state index contributed by atoms with van der Waals surface area (Å²) in [7, 11) is 0. The normalized spacial score (nSPS) is 20.4. The van der Waals surface area contributed by atoms with Crippen LogP contribution in [0.5, 0.6) is 0 Å². The molecule has 2 fully saturated rings. The predicted octanol–water partition coefficient (Wildman–Crippen LogP) is 1.36. The molecule has 2 aliphatic rings. The molecule has 0 radical (unpaired) electrons. The van der Waals surface area contributed by atoms with E-state index in [0.717, 1.165) is 69.6 Å². The molecule has 2 aromatic rings. The molecule has 2 aromatic heterocycles. The average molecular weight is 355 g/mol. The fourth-order valence-electron chi connectivity index (χ4n) is 3.41. The molecule has 138 valence electrons. The van der Waals surface area contributed by atoms with E-state index in [9.17, 15) is 0 Å². The van der Waals surface area contributed by atoms with Crippen LogP contribution in [0.1, 0.15) is 19.0 Å². The van der Waals surface area contributed by atoms with E-state index in [4.69, 9.17) is 4.74 Å². The lowest BCUT2D eigenvalue weighted by molar-refractivity contribution is 0.122. The highest BCUT2D eigenvalue weighted by molar-refractivity contribution is 5.45. The Hall–Kier alpha value is -2.48. The maximum Gasteiger partial charge on any atom is 0.224 e. The molecule has 0 saturated carbocycles. The lowest BCUT2D eigenvalue weighted by Gasteiger charge is -2.28. The first-order valence-corrected chi connectivity index (χ1v) is 9.30. The summed E-state index contributed by atoms with van der Waals surface area (Å²) in [5.74, 6) is 2.66. The van der Waals surface area contributed by atoms with Crippen molar-refractivity contribution in [1.82, 2.24) is 19.9 Å². The maximum atomic E-state index is 5.41. The molecule has 0 bridgehead atoms. The highest BCUT2D eigenvalue weighted by Crippen LogP contribution is 2.21. The molecule has 0 aromatic carbocycles. The number of aryl methyl sites for hydroxylation is 1. The fraction of sp³-hybridized carbons (Fsp3) is 0.556. The second-order valence-corrected chi connectivity index (χ2v) is 6.63. The van der Waals surface area contributed by atoms with Gasteiger partial charge in [0.1, 0.15) is 18.0 Å². The molecule has 2 saturated heterocycles. The van der Waals surface area contributed by atoms with Crippen molar-refractivity contribution >= 4 is 17.6 Å². The first-order chi connectivity index (χ1) is 12.8. The summed E-state index contributed by atoms with van der Waals surface area (Å²) in [4.78, 5) is 22.3. The van der Waals surface area contributed by atoms with Crippen LogP contribution in [-0.2, 0) is 11.2 Å². The van der Waals surface area contributed by atoms with Crippen LogP contribution < -0.4 is 15.1 Å². The van der Waals surface area contributed by atoms with Gasteiger partial charge in [0.25, 0.3) is 0 Å². The number of hydrogen-bond donors (Lipinski definition) is 1. The standard InChI is InChI=1S/C18H25N7O/c1-2-14-11-17(21-13-20-14)25-6-4-15(12-25)22-18-19-5-3-16(23-18)24-7-9-26-10-8-24/h3,5,11,13,15H,2,4,6-10,12H2,1H3,(H,19,22,23). The van der Waals surface area contributed by atoms with Crippen LogP contribution in [0.25, 0.3) is 0 Å². The zero-order chi connectivity index (χ0) is 17.8. The third kappa shape index (κ3) is 3.85. The molecule has 26 heavy (non-hydrogen) atoms. The second-order valence-electron chi connectivity index (χ2n) is 6.63. The van der Waals surface area contributed by atoms with Crippen LogP contribution >= 0.6 is 0 Å². The van der Waals surface area contributed by atoms with Crippen molar-refractivity contribution < 1.29 is 4.74 Å². The van der Waals surface area contributed by atoms with Gasteiger partial charge in [0.2, 0.25) is 5.95 Å². The van der Waals surface area contributed by atoms with Crippen molar-refractivity contribution in [3.63, 3.8) is 0 Å². The Bertz CT molecular complexity index is 735. The van der Waals surface area contributed by atoms with Gasteiger partial charge in [0.05, 0.1) is 13.2 Å². The Labute approximate surface area is 153 Å². The van der Waals surface area contributed by atoms with Gasteiger partial charge in [-0.3, -0.25) is 0 Å². The topological polar surface area (TPSA) is 79.3 Å². The lowest BCUT2D eigenvalue weighted by Crippen LogP contribution is -2.37. The molecule has 1 unspecified atom stereocenters. The van der Waals surface area contributed by atoms with Crippen LogP contribution in [0.4, 0.5) is 17.6 Å². The van der Waals surface area contributed by atoms with Crippen LogP contribution in [0.3, 0.4) is 0 Å². The average Bonchev–Trinajstić information content (AvgIpc) is 3.17. The minimum atomic E-state index is 0.315. The smallest absolute Gasteiger partial charge is 0.224 e. The van der Waals surface area contributed by atoms with Crippen LogP contribution in [0.15, 0.2) is 24.7 Å². The number of hydrogen-bond acceptors (Lipinski definition) is 8. The lowest BCUT2D eigenvalue weighted by atomic mass is 10.3. The van der Waals surface area contributed by atoms with E-state index < -0.39 is 0 Å². The third-order valence-corrected chi connectivity index (χ3v) is 4.89. The van der Waals surface area contributed by atoms with Gasteiger partial charge in [-0.15, -0.1) is 0 Å². The Kier molecular flexibility index (Phi) is 5.10. The van der Waals surface area contributed by atoms with Crippen molar-refractivity contribution in [2.45, 2.75) is 25.8 Å². The zero-order valence-corrected chi connectivity index (χ0v) is 15.1. The van der Waals surface area contributed by atoms with Gasteiger partial charge in [-0.25, -0.2) is 15.0 Å². The van der Waals surface area contributed by atoms with Gasteiger partial charge in [0, 0.05) is 50.2 Å². The Morgan fingerprint density at radius 2 is 2.00 bits per heavy atom. The molecular formula is C18H25N7O. The quantitative estimate of drug-likeness (QED) is 0.861. The minimum Gasteiger partial charge on any atom is -0.378 e. The Balaban J connectivity index is 1.39. The van der Waals surface area contributed by atoms with Gasteiger partial charge in [-0.1, -0.05) is 6.92 Å². The SMILES string of the molecule is CCc1cc(N2CCC(Nc3nccc(N4CCOCC4)n3)C2)ncn1. The number of rotatable bonds is 5. The van der Waals surface area contributed by atoms with Gasteiger partial charge in [-0.05, 0) is 18.9 Å². The zero-order valence-electron chi connectivity index (χ0n) is 15.1. The molecule has 8 nitrogen and oxygen atoms in total. The monoisotopic (exact) mass is 355 g/mol. The van der Waals surface area contributed by atoms with Crippen molar-refractivity contribution in [2.24, 2.45) is 0 Å². The van der Waals surface area contributed by atoms with Crippen LogP contribution in [0.2, 0.25) is 0 Å². The van der Waals surface area contributed by atoms with Crippen molar-refractivity contribution in [3.8, 4) is 0 Å². The van der Waals surface area contributed by atoms with E-state index in [1.54, 1.807) is 6.33 Å². The largest absolute Gasteiger partial charge is 0.378 e. The molecule has 4 rings (SSSR count). The highest BCUT2D eigenvalue weighted by atomic mass is 16.5. The molecule has 1 atom stereocenters. The van der Waals surface area contributed by atoms with Gasteiger partial charge in [-0.2, -0.15) is 4.98 Å². The van der Waals surface area contributed by atoms with E-state index >= 15 is 0 Å². The van der Waals surface area contributed by atoms with E-state index in [-0.39, 0.29) is 0 Å².